The number of carbonyl (C=O) groups excluding carboxylic acids is 1. The molecule has 1 aliphatic heterocycles. The van der Waals surface area contributed by atoms with E-state index in [1.54, 1.807) is 18.3 Å². The largest absolute Gasteiger partial charge is 0.479 e. The maximum Gasteiger partial charge on any atom is 0.331 e. The van der Waals surface area contributed by atoms with Gasteiger partial charge in [0.1, 0.15) is 6.79 Å². The monoisotopic (exact) mass is 321 g/mol. The van der Waals surface area contributed by atoms with Crippen molar-refractivity contribution in [1.82, 2.24) is 4.90 Å². The molecule has 0 aliphatic carbocycles. The minimum absolute atomic E-state index is 0.250. The molecule has 0 spiro atoms. The standard InChI is InChI=1S/C5H9NO2S.C5H6S.C2H6O.CH2O/c1-6-2-3-9-4(6)5(7)8;1-5-3-2-4-6-5;1-2-3;1-2/h4H,2-3H2,1H3,(H,7,8);2-4H,1H3;3H,2H2,1H3;1H2. The van der Waals surface area contributed by atoms with Crippen LogP contribution in [0.25, 0.3) is 0 Å². The Morgan fingerprint density at radius 2 is 2.10 bits per heavy atom. The highest BCUT2D eigenvalue weighted by atomic mass is 32.2. The van der Waals surface area contributed by atoms with Gasteiger partial charge in [0.25, 0.3) is 0 Å². The van der Waals surface area contributed by atoms with E-state index in [2.05, 4.69) is 24.4 Å². The van der Waals surface area contributed by atoms with Gasteiger partial charge in [0.2, 0.25) is 0 Å². The summed E-state index contributed by atoms with van der Waals surface area (Å²) in [6, 6.07) is 4.16. The van der Waals surface area contributed by atoms with Gasteiger partial charge >= 0.3 is 5.97 Å². The fourth-order valence-electron chi connectivity index (χ4n) is 1.17. The predicted octanol–water partition coefficient (Wildman–Crippen LogP) is 1.95. The van der Waals surface area contributed by atoms with Crippen LogP contribution >= 0.6 is 23.1 Å². The molecule has 1 fully saturated rings. The lowest BCUT2D eigenvalue weighted by Crippen LogP contribution is -2.30. The van der Waals surface area contributed by atoms with Gasteiger partial charge < -0.3 is 15.0 Å². The topological polar surface area (TPSA) is 77.8 Å². The number of nitrogens with zero attached hydrogens (tertiary/aromatic N) is 1. The Morgan fingerprint density at radius 3 is 2.25 bits per heavy atom. The molecule has 1 saturated heterocycles. The molecule has 1 aromatic heterocycles. The Morgan fingerprint density at radius 1 is 1.55 bits per heavy atom. The molecule has 2 rings (SSSR count). The van der Waals surface area contributed by atoms with Crippen molar-refractivity contribution in [2.75, 3.05) is 26.0 Å². The molecule has 0 radical (unpaired) electrons. The van der Waals surface area contributed by atoms with Crippen molar-refractivity contribution >= 4 is 35.9 Å². The van der Waals surface area contributed by atoms with E-state index in [1.165, 1.54) is 16.6 Å². The van der Waals surface area contributed by atoms with E-state index >= 15 is 0 Å². The second-order valence-corrected chi connectivity index (χ2v) is 5.92. The molecule has 0 bridgehead atoms. The zero-order valence-corrected chi connectivity index (χ0v) is 13.7. The van der Waals surface area contributed by atoms with E-state index in [0.29, 0.717) is 0 Å². The number of thiophene rings is 1. The molecule has 1 unspecified atom stereocenters. The highest BCUT2D eigenvalue weighted by Gasteiger charge is 2.27. The smallest absolute Gasteiger partial charge is 0.331 e. The molecule has 5 nitrogen and oxygen atoms in total. The molecule has 1 aromatic rings. The molecule has 2 N–H and O–H groups in total. The lowest BCUT2D eigenvalue weighted by atomic mass is 10.5. The van der Waals surface area contributed by atoms with Crippen molar-refractivity contribution in [1.29, 1.82) is 0 Å². The van der Waals surface area contributed by atoms with Gasteiger partial charge in [0, 0.05) is 23.8 Å². The van der Waals surface area contributed by atoms with Crippen LogP contribution in [0, 0.1) is 6.92 Å². The van der Waals surface area contributed by atoms with Gasteiger partial charge in [-0.2, -0.15) is 0 Å². The van der Waals surface area contributed by atoms with Crippen LogP contribution in [0.2, 0.25) is 0 Å². The third-order valence-corrected chi connectivity index (χ3v) is 4.09. The number of rotatable bonds is 1. The minimum atomic E-state index is -0.722. The summed E-state index contributed by atoms with van der Waals surface area (Å²) in [5, 5.41) is 17.9. The SMILES string of the molecule is C=O.CCO.CN1CCSC1C(=O)O.Cc1cccs1. The number of likely N-dealkylation sites (N-methyl/N-ethyl adjacent to an activating group) is 1. The molecule has 1 atom stereocenters. The maximum absolute atomic E-state index is 10.3. The quantitative estimate of drug-likeness (QED) is 0.823. The Bertz CT molecular complexity index is 333. The molecule has 20 heavy (non-hydrogen) atoms. The van der Waals surface area contributed by atoms with Crippen LogP contribution in [0.1, 0.15) is 11.8 Å². The summed E-state index contributed by atoms with van der Waals surface area (Å²) in [6.45, 7) is 6.92. The van der Waals surface area contributed by atoms with Gasteiger partial charge in [0.05, 0.1) is 0 Å². The summed E-state index contributed by atoms with van der Waals surface area (Å²) in [5.74, 6) is 0.216. The van der Waals surface area contributed by atoms with Crippen molar-refractivity contribution in [3.63, 3.8) is 0 Å². The van der Waals surface area contributed by atoms with Gasteiger partial charge in [-0.05, 0) is 32.3 Å². The number of carboxylic acids is 1. The Kier molecular flexibility index (Phi) is 15.5. The average Bonchev–Trinajstić information content (AvgIpc) is 3.04. The van der Waals surface area contributed by atoms with Crippen molar-refractivity contribution in [3.8, 4) is 0 Å². The molecule has 116 valence electrons. The highest BCUT2D eigenvalue weighted by molar-refractivity contribution is 8.00. The number of aliphatic carboxylic acids is 1. The maximum atomic E-state index is 10.3. The van der Waals surface area contributed by atoms with Gasteiger partial charge in [-0.25, -0.2) is 4.79 Å². The third kappa shape index (κ3) is 11.0. The second kappa shape index (κ2) is 14.5. The van der Waals surface area contributed by atoms with E-state index in [0.717, 1.165) is 12.3 Å². The number of aliphatic hydroxyl groups is 1. The first kappa shape index (κ1) is 21.4. The fourth-order valence-corrected chi connectivity index (χ4v) is 2.82. The first-order valence-electron chi connectivity index (χ1n) is 5.97. The Balaban J connectivity index is 0. The number of aliphatic hydroxyl groups excluding tert-OH is 1. The first-order valence-corrected chi connectivity index (χ1v) is 7.90. The van der Waals surface area contributed by atoms with Gasteiger partial charge in [0.15, 0.2) is 5.37 Å². The zero-order valence-electron chi connectivity index (χ0n) is 12.1. The lowest BCUT2D eigenvalue weighted by molar-refractivity contribution is -0.139. The number of aryl methyl sites for hydroxylation is 1. The van der Waals surface area contributed by atoms with Crippen molar-refractivity contribution in [2.24, 2.45) is 0 Å². The summed E-state index contributed by atoms with van der Waals surface area (Å²) in [5.41, 5.74) is 0. The van der Waals surface area contributed by atoms with Crippen molar-refractivity contribution in [2.45, 2.75) is 19.2 Å². The predicted molar refractivity (Wildman–Crippen MR) is 85.4 cm³/mol. The number of hydrogen-bond donors (Lipinski definition) is 2. The molecule has 2 heterocycles. The van der Waals surface area contributed by atoms with Crippen molar-refractivity contribution in [3.05, 3.63) is 22.4 Å². The van der Waals surface area contributed by atoms with E-state index < -0.39 is 5.97 Å². The first-order chi connectivity index (χ1) is 9.52. The van der Waals surface area contributed by atoms with E-state index in [-0.39, 0.29) is 12.0 Å². The third-order valence-electron chi connectivity index (χ3n) is 1.99. The molecule has 0 saturated carbocycles. The summed E-state index contributed by atoms with van der Waals surface area (Å²) >= 11 is 3.26. The van der Waals surface area contributed by atoms with Crippen LogP contribution in [-0.2, 0) is 9.59 Å². The number of hydrogen-bond acceptors (Lipinski definition) is 6. The van der Waals surface area contributed by atoms with Crippen LogP contribution in [0.5, 0.6) is 0 Å². The summed E-state index contributed by atoms with van der Waals surface area (Å²) in [6.07, 6.45) is 0. The minimum Gasteiger partial charge on any atom is -0.479 e. The van der Waals surface area contributed by atoms with Gasteiger partial charge in [-0.3, -0.25) is 4.90 Å². The summed E-state index contributed by atoms with van der Waals surface area (Å²) in [4.78, 5) is 21.6. The lowest BCUT2D eigenvalue weighted by Gasteiger charge is -2.12. The number of carbonyl (C=O) groups is 2. The van der Waals surface area contributed by atoms with E-state index in [4.69, 9.17) is 15.0 Å². The molecule has 7 heteroatoms. The van der Waals surface area contributed by atoms with E-state index in [9.17, 15) is 4.79 Å². The van der Waals surface area contributed by atoms with E-state index in [1.807, 2.05) is 18.7 Å². The molecule has 0 amide bonds. The average molecular weight is 321 g/mol. The summed E-state index contributed by atoms with van der Waals surface area (Å²) in [7, 11) is 1.83. The number of carboxylic acid groups (broad SMARTS) is 1. The number of thioether (sulfide) groups is 1. The molecule has 1 aliphatic rings. The van der Waals surface area contributed by atoms with Gasteiger partial charge in [-0.1, -0.05) is 6.07 Å². The molecular weight excluding hydrogens is 298 g/mol. The van der Waals surface area contributed by atoms with Crippen LogP contribution in [0.3, 0.4) is 0 Å². The van der Waals surface area contributed by atoms with Crippen LogP contribution in [0.4, 0.5) is 0 Å². The van der Waals surface area contributed by atoms with Crippen LogP contribution < -0.4 is 0 Å². The van der Waals surface area contributed by atoms with Crippen LogP contribution in [-0.4, -0.2) is 59.2 Å². The zero-order chi connectivity index (χ0) is 16.0. The molecule has 0 aromatic carbocycles. The van der Waals surface area contributed by atoms with Gasteiger partial charge in [-0.15, -0.1) is 23.1 Å². The normalized spacial score (nSPS) is 16.7. The Labute approximate surface area is 128 Å². The molecular formula is C13H23NO4S2. The Hall–Kier alpha value is -0.890. The fraction of sp³-hybridized carbons (Fsp3) is 0.538. The summed E-state index contributed by atoms with van der Waals surface area (Å²) < 4.78 is 0. The highest BCUT2D eigenvalue weighted by Crippen LogP contribution is 2.21. The van der Waals surface area contributed by atoms with Crippen molar-refractivity contribution < 1.29 is 19.8 Å². The second-order valence-electron chi connectivity index (χ2n) is 3.58. The van der Waals surface area contributed by atoms with Crippen LogP contribution in [0.15, 0.2) is 17.5 Å².